The van der Waals surface area contributed by atoms with Crippen LogP contribution in [0.3, 0.4) is 0 Å². The highest BCUT2D eigenvalue weighted by atomic mass is 16.4. The van der Waals surface area contributed by atoms with E-state index >= 15 is 0 Å². The number of piperidine rings is 1. The lowest BCUT2D eigenvalue weighted by atomic mass is 9.98. The molecule has 0 amide bonds. The standard InChI is InChI=1S/C26H26N6O3/c33-25-23-18(7-9-29-25)12-22(20-13-27-16-28-14-20)31-24(23)30-21-5-3-17(4-6-21)8-11-32-10-1-2-19(15-32)26(34)35/h3-7,9,12-14,16,19H,1-2,8,10-11,15H2,(H,29,33)(H,30,31)(H,34,35). The third-order valence-electron chi connectivity index (χ3n) is 6.40. The normalized spacial score (nSPS) is 16.3. The van der Waals surface area contributed by atoms with Gasteiger partial charge in [0.1, 0.15) is 12.1 Å². The zero-order valence-electron chi connectivity index (χ0n) is 19.1. The van der Waals surface area contributed by atoms with E-state index in [9.17, 15) is 14.7 Å². The molecular weight excluding hydrogens is 444 g/mol. The average molecular weight is 471 g/mol. The highest BCUT2D eigenvalue weighted by molar-refractivity contribution is 5.95. The first-order valence-electron chi connectivity index (χ1n) is 11.7. The lowest BCUT2D eigenvalue weighted by Gasteiger charge is -2.30. The molecule has 9 nitrogen and oxygen atoms in total. The zero-order chi connectivity index (χ0) is 24.2. The van der Waals surface area contributed by atoms with E-state index in [0.717, 1.165) is 49.0 Å². The van der Waals surface area contributed by atoms with Gasteiger partial charge in [0.25, 0.3) is 5.56 Å². The lowest BCUT2D eigenvalue weighted by Crippen LogP contribution is -2.39. The van der Waals surface area contributed by atoms with Crippen molar-refractivity contribution in [2.24, 2.45) is 5.92 Å². The number of H-pyrrole nitrogens is 1. The van der Waals surface area contributed by atoms with Gasteiger partial charge in [-0.15, -0.1) is 0 Å². The van der Waals surface area contributed by atoms with Crippen molar-refractivity contribution < 1.29 is 9.90 Å². The number of anilines is 2. The van der Waals surface area contributed by atoms with E-state index in [4.69, 9.17) is 4.98 Å². The second kappa shape index (κ2) is 10.0. The van der Waals surface area contributed by atoms with Gasteiger partial charge in [-0.2, -0.15) is 0 Å². The maximum absolute atomic E-state index is 12.6. The fourth-order valence-electron chi connectivity index (χ4n) is 4.52. The molecule has 4 heterocycles. The van der Waals surface area contributed by atoms with Crippen LogP contribution in [0, 0.1) is 5.92 Å². The number of fused-ring (bicyclic) bond motifs is 1. The second-order valence-corrected chi connectivity index (χ2v) is 8.80. The number of hydrogen-bond donors (Lipinski definition) is 3. The summed E-state index contributed by atoms with van der Waals surface area (Å²) in [6.07, 6.45) is 8.99. The summed E-state index contributed by atoms with van der Waals surface area (Å²) in [5, 5.41) is 13.8. The number of aromatic nitrogens is 4. The van der Waals surface area contributed by atoms with Crippen LogP contribution < -0.4 is 10.9 Å². The van der Waals surface area contributed by atoms with E-state index in [1.54, 1.807) is 18.6 Å². The number of nitrogens with zero attached hydrogens (tertiary/aromatic N) is 4. The highest BCUT2D eigenvalue weighted by Crippen LogP contribution is 2.27. The molecule has 3 aromatic heterocycles. The molecule has 35 heavy (non-hydrogen) atoms. The largest absolute Gasteiger partial charge is 0.481 e. The molecule has 0 saturated carbocycles. The van der Waals surface area contributed by atoms with Gasteiger partial charge in [-0.05, 0) is 61.0 Å². The van der Waals surface area contributed by atoms with Crippen LogP contribution in [0.5, 0.6) is 0 Å². The smallest absolute Gasteiger partial charge is 0.307 e. The Balaban J connectivity index is 1.34. The molecule has 1 aliphatic rings. The van der Waals surface area contributed by atoms with Crippen molar-refractivity contribution >= 4 is 28.2 Å². The molecule has 0 aliphatic carbocycles. The zero-order valence-corrected chi connectivity index (χ0v) is 19.1. The number of benzene rings is 1. The molecule has 178 valence electrons. The van der Waals surface area contributed by atoms with Crippen LogP contribution in [-0.2, 0) is 11.2 Å². The summed E-state index contributed by atoms with van der Waals surface area (Å²) in [4.78, 5) is 41.7. The third kappa shape index (κ3) is 5.20. The molecule has 9 heteroatoms. The minimum atomic E-state index is -0.700. The van der Waals surface area contributed by atoms with Crippen molar-refractivity contribution in [1.29, 1.82) is 0 Å². The molecule has 1 fully saturated rings. The van der Waals surface area contributed by atoms with E-state index < -0.39 is 5.97 Å². The van der Waals surface area contributed by atoms with Crippen molar-refractivity contribution in [3.63, 3.8) is 0 Å². The Morgan fingerprint density at radius 2 is 1.97 bits per heavy atom. The quantitative estimate of drug-likeness (QED) is 0.375. The van der Waals surface area contributed by atoms with Crippen molar-refractivity contribution in [2.45, 2.75) is 19.3 Å². The number of aromatic amines is 1. The van der Waals surface area contributed by atoms with E-state index in [1.165, 1.54) is 11.9 Å². The summed E-state index contributed by atoms with van der Waals surface area (Å²) in [5.41, 5.74) is 3.20. The lowest BCUT2D eigenvalue weighted by molar-refractivity contribution is -0.143. The van der Waals surface area contributed by atoms with Crippen LogP contribution in [0.2, 0.25) is 0 Å². The first-order chi connectivity index (χ1) is 17.1. The van der Waals surface area contributed by atoms with Crippen LogP contribution >= 0.6 is 0 Å². The number of nitrogens with one attached hydrogen (secondary N) is 2. The summed E-state index contributed by atoms with van der Waals surface area (Å²) in [6.45, 7) is 2.39. The molecule has 1 aromatic carbocycles. The first-order valence-corrected chi connectivity index (χ1v) is 11.7. The van der Waals surface area contributed by atoms with E-state index in [1.807, 2.05) is 36.4 Å². The molecule has 0 bridgehead atoms. The SMILES string of the molecule is O=C(O)C1CCCN(CCc2ccc(Nc3nc(-c4cncnc4)cc4cc[nH]c(=O)c34)cc2)C1. The molecule has 1 unspecified atom stereocenters. The third-order valence-corrected chi connectivity index (χ3v) is 6.40. The van der Waals surface area contributed by atoms with Gasteiger partial charge in [-0.3, -0.25) is 9.59 Å². The fraction of sp³-hybridized carbons (Fsp3) is 0.269. The predicted octanol–water partition coefficient (Wildman–Crippen LogP) is 3.46. The van der Waals surface area contributed by atoms with Gasteiger partial charge >= 0.3 is 5.97 Å². The van der Waals surface area contributed by atoms with Crippen molar-refractivity contribution in [3.05, 3.63) is 77.2 Å². The minimum Gasteiger partial charge on any atom is -0.481 e. The van der Waals surface area contributed by atoms with Crippen LogP contribution in [0.4, 0.5) is 11.5 Å². The summed E-state index contributed by atoms with van der Waals surface area (Å²) in [6, 6.07) is 11.7. The average Bonchev–Trinajstić information content (AvgIpc) is 2.89. The molecule has 1 aliphatic heterocycles. The number of pyridine rings is 2. The van der Waals surface area contributed by atoms with Crippen molar-refractivity contribution in [2.75, 3.05) is 25.0 Å². The Hall–Kier alpha value is -4.11. The van der Waals surface area contributed by atoms with Crippen molar-refractivity contribution in [1.82, 2.24) is 24.8 Å². The van der Waals surface area contributed by atoms with E-state index in [-0.39, 0.29) is 11.5 Å². The summed E-state index contributed by atoms with van der Waals surface area (Å²) >= 11 is 0. The Morgan fingerprint density at radius 1 is 1.17 bits per heavy atom. The maximum atomic E-state index is 12.6. The first kappa shape index (κ1) is 22.7. The highest BCUT2D eigenvalue weighted by Gasteiger charge is 2.24. The topological polar surface area (TPSA) is 124 Å². The molecule has 0 radical (unpaired) electrons. The number of rotatable bonds is 7. The Labute approximate surface area is 201 Å². The molecular formula is C26H26N6O3. The van der Waals surface area contributed by atoms with Gasteiger partial charge in [-0.25, -0.2) is 15.0 Å². The summed E-state index contributed by atoms with van der Waals surface area (Å²) in [5.74, 6) is -0.503. The summed E-state index contributed by atoms with van der Waals surface area (Å²) < 4.78 is 0. The van der Waals surface area contributed by atoms with Gasteiger partial charge < -0.3 is 20.3 Å². The number of likely N-dealkylation sites (tertiary alicyclic amines) is 1. The van der Waals surface area contributed by atoms with Crippen LogP contribution in [0.25, 0.3) is 22.0 Å². The van der Waals surface area contributed by atoms with Crippen LogP contribution in [0.15, 0.2) is 66.1 Å². The van der Waals surface area contributed by atoms with Gasteiger partial charge in [0, 0.05) is 42.9 Å². The van der Waals surface area contributed by atoms with Crippen molar-refractivity contribution in [3.8, 4) is 11.3 Å². The number of carboxylic acids is 1. The summed E-state index contributed by atoms with van der Waals surface area (Å²) in [7, 11) is 0. The van der Waals surface area contributed by atoms with Gasteiger partial charge in [0.2, 0.25) is 0 Å². The van der Waals surface area contributed by atoms with Gasteiger partial charge in [0.05, 0.1) is 17.0 Å². The molecule has 5 rings (SSSR count). The molecule has 1 saturated heterocycles. The number of carbonyl (C=O) groups is 1. The monoisotopic (exact) mass is 470 g/mol. The van der Waals surface area contributed by atoms with Crippen LogP contribution in [-0.4, -0.2) is 55.5 Å². The van der Waals surface area contributed by atoms with Gasteiger partial charge in [-0.1, -0.05) is 12.1 Å². The fourth-order valence-corrected chi connectivity index (χ4v) is 4.52. The number of hydrogen-bond acceptors (Lipinski definition) is 7. The molecule has 3 N–H and O–H groups in total. The van der Waals surface area contributed by atoms with E-state index in [2.05, 4.69) is 25.2 Å². The van der Waals surface area contributed by atoms with E-state index in [0.29, 0.717) is 23.4 Å². The molecule has 1 atom stereocenters. The number of carboxylic acid groups (broad SMARTS) is 1. The predicted molar refractivity (Wildman–Crippen MR) is 134 cm³/mol. The van der Waals surface area contributed by atoms with Crippen LogP contribution in [0.1, 0.15) is 18.4 Å². The molecule has 4 aromatic rings. The maximum Gasteiger partial charge on any atom is 0.307 e. The molecule has 0 spiro atoms. The Morgan fingerprint density at radius 3 is 2.74 bits per heavy atom. The Kier molecular flexibility index (Phi) is 6.49. The Bertz CT molecular complexity index is 1390. The number of aliphatic carboxylic acids is 1. The van der Waals surface area contributed by atoms with Gasteiger partial charge in [0.15, 0.2) is 0 Å². The second-order valence-electron chi connectivity index (χ2n) is 8.80. The minimum absolute atomic E-state index is 0.217.